The number of carbonyl (C=O) groups excluding carboxylic acids is 1. The summed E-state index contributed by atoms with van der Waals surface area (Å²) >= 11 is -2.46. The number of hydrogen-bond acceptors (Lipinski definition) is 3. The molecule has 0 spiro atoms. The molecule has 0 aromatic heterocycles. The van der Waals surface area contributed by atoms with Crippen molar-refractivity contribution in [2.45, 2.75) is 51.9 Å². The molecule has 0 amide bonds. The van der Waals surface area contributed by atoms with Gasteiger partial charge in [-0.25, -0.2) is 0 Å². The zero-order valence-corrected chi connectivity index (χ0v) is 9.35. The van der Waals surface area contributed by atoms with Crippen molar-refractivity contribution < 1.29 is 17.7 Å². The minimum atomic E-state index is -2.46. The smallest absolute Gasteiger partial charge is 0.343 e. The zero-order chi connectivity index (χ0) is 10.8. The predicted octanol–water partition coefficient (Wildman–Crippen LogP) is 2.42. The van der Waals surface area contributed by atoms with Crippen LogP contribution in [0.15, 0.2) is 0 Å². The standard InChI is InChI=1S/C9H18O4S/c1-2-3-4-5-6-7-8-9(10)13-14(11)12/h2-8H2,1H3,(H,11,12). The van der Waals surface area contributed by atoms with Crippen molar-refractivity contribution in [3.8, 4) is 0 Å². The lowest BCUT2D eigenvalue weighted by atomic mass is 10.1. The first-order valence-corrected chi connectivity index (χ1v) is 6.02. The second-order valence-electron chi connectivity index (χ2n) is 3.19. The van der Waals surface area contributed by atoms with E-state index in [0.29, 0.717) is 0 Å². The lowest BCUT2D eigenvalue weighted by Crippen LogP contribution is -2.05. The molecule has 1 N–H and O–H groups in total. The van der Waals surface area contributed by atoms with Crippen LogP contribution in [0.5, 0.6) is 0 Å². The summed E-state index contributed by atoms with van der Waals surface area (Å²) in [5, 5.41) is 0. The molecule has 0 heterocycles. The summed E-state index contributed by atoms with van der Waals surface area (Å²) in [6, 6.07) is 0. The average Bonchev–Trinajstić information content (AvgIpc) is 2.10. The minimum Gasteiger partial charge on any atom is -0.343 e. The van der Waals surface area contributed by atoms with E-state index < -0.39 is 17.3 Å². The van der Waals surface area contributed by atoms with Crippen molar-refractivity contribution in [3.63, 3.8) is 0 Å². The van der Waals surface area contributed by atoms with Crippen molar-refractivity contribution in [3.05, 3.63) is 0 Å². The molecule has 0 aliphatic carbocycles. The molecule has 0 aromatic rings. The van der Waals surface area contributed by atoms with Crippen LogP contribution in [-0.4, -0.2) is 14.7 Å². The lowest BCUT2D eigenvalue weighted by Gasteiger charge is -1.99. The Hall–Kier alpha value is -0.420. The third-order valence-electron chi connectivity index (χ3n) is 1.90. The van der Waals surface area contributed by atoms with Crippen LogP contribution in [0.25, 0.3) is 0 Å². The normalized spacial score (nSPS) is 12.4. The largest absolute Gasteiger partial charge is 0.360 e. The topological polar surface area (TPSA) is 63.6 Å². The summed E-state index contributed by atoms with van der Waals surface area (Å²) < 4.78 is 22.3. The maximum absolute atomic E-state index is 10.8. The van der Waals surface area contributed by atoms with Crippen LogP contribution in [0.2, 0.25) is 0 Å². The highest BCUT2D eigenvalue weighted by molar-refractivity contribution is 7.74. The highest BCUT2D eigenvalue weighted by Crippen LogP contribution is 2.07. The Kier molecular flexibility index (Phi) is 8.87. The van der Waals surface area contributed by atoms with Crippen LogP contribution in [0.1, 0.15) is 51.9 Å². The van der Waals surface area contributed by atoms with Crippen molar-refractivity contribution in [1.82, 2.24) is 0 Å². The summed E-state index contributed by atoms with van der Waals surface area (Å²) in [6.07, 6.45) is 6.68. The van der Waals surface area contributed by atoms with Gasteiger partial charge in [0.25, 0.3) is 0 Å². The van der Waals surface area contributed by atoms with Gasteiger partial charge in [-0.1, -0.05) is 39.0 Å². The number of unbranched alkanes of at least 4 members (excludes halogenated alkanes) is 5. The molecule has 0 saturated carbocycles. The number of rotatable bonds is 8. The Morgan fingerprint density at radius 2 is 1.79 bits per heavy atom. The van der Waals surface area contributed by atoms with E-state index >= 15 is 0 Å². The summed E-state index contributed by atoms with van der Waals surface area (Å²) in [5.74, 6) is -0.596. The Balaban J connectivity index is 3.19. The molecular weight excluding hydrogens is 204 g/mol. The molecule has 0 fully saturated rings. The van der Waals surface area contributed by atoms with Crippen LogP contribution < -0.4 is 0 Å². The second-order valence-corrected chi connectivity index (χ2v) is 3.79. The molecule has 0 saturated heterocycles. The summed E-state index contributed by atoms with van der Waals surface area (Å²) in [4.78, 5) is 10.8. The molecule has 5 heteroatoms. The number of hydrogen-bond donors (Lipinski definition) is 1. The van der Waals surface area contributed by atoms with E-state index in [1.54, 1.807) is 0 Å². The molecule has 1 atom stereocenters. The van der Waals surface area contributed by atoms with Crippen molar-refractivity contribution >= 4 is 17.3 Å². The van der Waals surface area contributed by atoms with Gasteiger partial charge in [-0.05, 0) is 6.42 Å². The van der Waals surface area contributed by atoms with Gasteiger partial charge >= 0.3 is 17.3 Å². The van der Waals surface area contributed by atoms with E-state index in [1.165, 1.54) is 19.3 Å². The van der Waals surface area contributed by atoms with E-state index in [-0.39, 0.29) is 6.42 Å². The van der Waals surface area contributed by atoms with Gasteiger partial charge in [0.1, 0.15) is 0 Å². The van der Waals surface area contributed by atoms with Crippen LogP contribution >= 0.6 is 0 Å². The Morgan fingerprint density at radius 1 is 1.21 bits per heavy atom. The van der Waals surface area contributed by atoms with Gasteiger partial charge in [0, 0.05) is 6.42 Å². The van der Waals surface area contributed by atoms with Crippen LogP contribution in [0, 0.1) is 0 Å². The van der Waals surface area contributed by atoms with Crippen molar-refractivity contribution in [2.75, 3.05) is 0 Å². The first-order valence-electron chi connectivity index (χ1n) is 4.98. The molecule has 84 valence electrons. The Bertz CT molecular complexity index is 182. The van der Waals surface area contributed by atoms with E-state index in [1.807, 2.05) is 0 Å². The molecule has 4 nitrogen and oxygen atoms in total. The van der Waals surface area contributed by atoms with Gasteiger partial charge < -0.3 is 4.18 Å². The van der Waals surface area contributed by atoms with E-state index in [9.17, 15) is 9.00 Å². The Labute approximate surface area is 87.5 Å². The summed E-state index contributed by atoms with van der Waals surface area (Å²) in [7, 11) is 0. The van der Waals surface area contributed by atoms with Gasteiger partial charge in [-0.15, -0.1) is 0 Å². The first-order chi connectivity index (χ1) is 6.66. The molecule has 0 aromatic carbocycles. The number of carbonyl (C=O) groups is 1. The quantitative estimate of drug-likeness (QED) is 0.506. The fourth-order valence-corrected chi connectivity index (χ4v) is 1.41. The maximum atomic E-state index is 10.8. The molecule has 0 radical (unpaired) electrons. The van der Waals surface area contributed by atoms with Gasteiger partial charge in [0.05, 0.1) is 0 Å². The molecule has 0 bridgehead atoms. The first kappa shape index (κ1) is 13.6. The van der Waals surface area contributed by atoms with Gasteiger partial charge in [-0.3, -0.25) is 9.35 Å². The minimum absolute atomic E-state index is 0.235. The molecule has 1 unspecified atom stereocenters. The SMILES string of the molecule is CCCCCCCCC(=O)OS(=O)O. The highest BCUT2D eigenvalue weighted by atomic mass is 32.2. The van der Waals surface area contributed by atoms with E-state index in [0.717, 1.165) is 19.3 Å². The third-order valence-corrected chi connectivity index (χ3v) is 2.23. The second kappa shape index (κ2) is 9.15. The lowest BCUT2D eigenvalue weighted by molar-refractivity contribution is -0.134. The van der Waals surface area contributed by atoms with E-state index in [4.69, 9.17) is 4.55 Å². The van der Waals surface area contributed by atoms with Crippen LogP contribution in [0.4, 0.5) is 0 Å². The van der Waals surface area contributed by atoms with Gasteiger partial charge in [0.2, 0.25) is 0 Å². The molecule has 0 aliphatic heterocycles. The van der Waals surface area contributed by atoms with Gasteiger partial charge in [-0.2, -0.15) is 4.21 Å². The third kappa shape index (κ3) is 9.67. The summed E-state index contributed by atoms with van der Waals surface area (Å²) in [5.41, 5.74) is 0. The average molecular weight is 222 g/mol. The predicted molar refractivity (Wildman–Crippen MR) is 54.9 cm³/mol. The summed E-state index contributed by atoms with van der Waals surface area (Å²) in [6.45, 7) is 2.15. The maximum Gasteiger partial charge on any atom is 0.360 e. The van der Waals surface area contributed by atoms with Crippen LogP contribution in [0.3, 0.4) is 0 Å². The van der Waals surface area contributed by atoms with Crippen molar-refractivity contribution in [1.29, 1.82) is 0 Å². The highest BCUT2D eigenvalue weighted by Gasteiger charge is 2.05. The Morgan fingerprint density at radius 3 is 2.36 bits per heavy atom. The van der Waals surface area contributed by atoms with Gasteiger partial charge in [0.15, 0.2) is 0 Å². The molecule has 0 rings (SSSR count). The molecule has 0 aliphatic rings. The fraction of sp³-hybridized carbons (Fsp3) is 0.889. The fourth-order valence-electron chi connectivity index (χ4n) is 1.17. The van der Waals surface area contributed by atoms with Crippen molar-refractivity contribution in [2.24, 2.45) is 0 Å². The monoisotopic (exact) mass is 222 g/mol. The molecule has 14 heavy (non-hydrogen) atoms. The van der Waals surface area contributed by atoms with Crippen LogP contribution in [-0.2, 0) is 20.3 Å². The zero-order valence-electron chi connectivity index (χ0n) is 8.53. The molecular formula is C9H18O4S. The van der Waals surface area contributed by atoms with E-state index in [2.05, 4.69) is 11.1 Å².